The van der Waals surface area contributed by atoms with Crippen LogP contribution in [0.25, 0.3) is 10.2 Å². The van der Waals surface area contributed by atoms with E-state index < -0.39 is 0 Å². The Bertz CT molecular complexity index is 984. The number of aromatic nitrogens is 2. The average molecular weight is 417 g/mol. The van der Waals surface area contributed by atoms with Gasteiger partial charge in [0.25, 0.3) is 11.5 Å². The maximum absolute atomic E-state index is 13.1. The minimum Gasteiger partial charge on any atom is -0.341 e. The summed E-state index contributed by atoms with van der Waals surface area (Å²) in [6.07, 6.45) is 9.10. The number of carbonyl (C=O) groups is 2. The molecule has 1 saturated carbocycles. The largest absolute Gasteiger partial charge is 0.341 e. The fraction of sp³-hybridized carbons (Fsp3) is 0.619. The highest BCUT2D eigenvalue weighted by molar-refractivity contribution is 7.20. The molecule has 0 radical (unpaired) electrons. The van der Waals surface area contributed by atoms with Gasteiger partial charge in [-0.3, -0.25) is 19.0 Å². The van der Waals surface area contributed by atoms with E-state index in [2.05, 4.69) is 4.98 Å². The molecule has 1 aliphatic carbocycles. The van der Waals surface area contributed by atoms with Gasteiger partial charge >= 0.3 is 0 Å². The first-order valence-electron chi connectivity index (χ1n) is 10.5. The summed E-state index contributed by atoms with van der Waals surface area (Å²) >= 11 is 1.28. The highest BCUT2D eigenvalue weighted by Crippen LogP contribution is 2.30. The van der Waals surface area contributed by atoms with Gasteiger partial charge in [0.15, 0.2) is 0 Å². The summed E-state index contributed by atoms with van der Waals surface area (Å²) in [6.45, 7) is 3.33. The first-order chi connectivity index (χ1) is 14.0. The van der Waals surface area contributed by atoms with Gasteiger partial charge in [-0.25, -0.2) is 4.98 Å². The number of fused-ring (bicyclic) bond motifs is 1. The van der Waals surface area contributed by atoms with Crippen LogP contribution in [0, 0.1) is 6.92 Å². The molecule has 0 unspecified atom stereocenters. The number of amides is 2. The average Bonchev–Trinajstić information content (AvgIpc) is 3.38. The molecule has 4 rings (SSSR count). The Kier molecular flexibility index (Phi) is 5.72. The number of thiophene rings is 1. The third-order valence-corrected chi connectivity index (χ3v) is 7.51. The lowest BCUT2D eigenvalue weighted by atomic mass is 9.94. The molecule has 0 spiro atoms. The van der Waals surface area contributed by atoms with Gasteiger partial charge in [-0.05, 0) is 38.2 Å². The lowest BCUT2D eigenvalue weighted by Gasteiger charge is -2.31. The van der Waals surface area contributed by atoms with Crippen molar-refractivity contribution < 1.29 is 9.59 Å². The standard InChI is InChI=1S/C21H28N4O3S/c1-14-17-19(29-18(14)21(28)23(2)15-8-4-3-5-9-15)22-13-25(20(17)27)12-16(26)24-10-6-7-11-24/h13,15H,3-12H2,1-2H3. The van der Waals surface area contributed by atoms with Crippen LogP contribution >= 0.6 is 11.3 Å². The molecule has 2 amide bonds. The second-order valence-electron chi connectivity index (χ2n) is 8.21. The summed E-state index contributed by atoms with van der Waals surface area (Å²) < 4.78 is 1.38. The van der Waals surface area contributed by atoms with Crippen molar-refractivity contribution in [1.82, 2.24) is 19.4 Å². The number of carbonyl (C=O) groups excluding carboxylic acids is 2. The Morgan fingerprint density at radius 1 is 1.17 bits per heavy atom. The molecule has 156 valence electrons. The Morgan fingerprint density at radius 3 is 2.55 bits per heavy atom. The first-order valence-corrected chi connectivity index (χ1v) is 11.3. The molecule has 2 aromatic rings. The quantitative estimate of drug-likeness (QED) is 0.768. The molecule has 0 bridgehead atoms. The lowest BCUT2D eigenvalue weighted by Crippen LogP contribution is -2.38. The van der Waals surface area contributed by atoms with Gasteiger partial charge < -0.3 is 9.80 Å². The van der Waals surface area contributed by atoms with Crippen molar-refractivity contribution >= 4 is 33.4 Å². The van der Waals surface area contributed by atoms with E-state index in [0.29, 0.717) is 20.7 Å². The zero-order valence-electron chi connectivity index (χ0n) is 17.1. The van der Waals surface area contributed by atoms with E-state index in [1.807, 2.05) is 18.9 Å². The summed E-state index contributed by atoms with van der Waals surface area (Å²) in [5.74, 6) is -0.0801. The molecule has 1 saturated heterocycles. The monoisotopic (exact) mass is 416 g/mol. The maximum atomic E-state index is 13.1. The highest BCUT2D eigenvalue weighted by atomic mass is 32.1. The molecule has 8 heteroatoms. The molecule has 2 aliphatic rings. The Morgan fingerprint density at radius 2 is 1.86 bits per heavy atom. The second-order valence-corrected chi connectivity index (χ2v) is 9.21. The number of likely N-dealkylation sites (tertiary alicyclic amines) is 1. The molecule has 0 N–H and O–H groups in total. The van der Waals surface area contributed by atoms with Crippen molar-refractivity contribution in [3.8, 4) is 0 Å². The van der Waals surface area contributed by atoms with Crippen LogP contribution in [0.4, 0.5) is 0 Å². The molecule has 0 aromatic carbocycles. The molecule has 2 fully saturated rings. The summed E-state index contributed by atoms with van der Waals surface area (Å²) in [5, 5.41) is 0.465. The van der Waals surface area contributed by atoms with Gasteiger partial charge in [0, 0.05) is 26.2 Å². The minimum absolute atomic E-state index is 0.00230. The van der Waals surface area contributed by atoms with E-state index in [4.69, 9.17) is 0 Å². The summed E-state index contributed by atoms with van der Waals surface area (Å²) in [7, 11) is 1.86. The van der Waals surface area contributed by atoms with Gasteiger partial charge in [0.1, 0.15) is 11.4 Å². The van der Waals surface area contributed by atoms with Crippen molar-refractivity contribution in [3.63, 3.8) is 0 Å². The third-order valence-electron chi connectivity index (χ3n) is 6.32. The number of hydrogen-bond donors (Lipinski definition) is 0. The lowest BCUT2D eigenvalue weighted by molar-refractivity contribution is -0.130. The topological polar surface area (TPSA) is 75.5 Å². The molecule has 2 aromatic heterocycles. The van der Waals surface area contributed by atoms with E-state index in [1.165, 1.54) is 28.7 Å². The number of hydrogen-bond acceptors (Lipinski definition) is 5. The third kappa shape index (κ3) is 3.82. The first kappa shape index (κ1) is 20.1. The fourth-order valence-electron chi connectivity index (χ4n) is 4.48. The van der Waals surface area contributed by atoms with Gasteiger partial charge in [-0.15, -0.1) is 11.3 Å². The SMILES string of the molecule is Cc1c(C(=O)N(C)C2CCCCC2)sc2ncn(CC(=O)N3CCCC3)c(=O)c12. The van der Waals surface area contributed by atoms with E-state index in [-0.39, 0.29) is 30.0 Å². The van der Waals surface area contributed by atoms with Crippen LogP contribution in [-0.2, 0) is 11.3 Å². The molecule has 1 aliphatic heterocycles. The predicted molar refractivity (Wildman–Crippen MR) is 113 cm³/mol. The van der Waals surface area contributed by atoms with E-state index in [1.54, 1.807) is 4.90 Å². The fourth-order valence-corrected chi connectivity index (χ4v) is 5.60. The Labute approximate surface area is 174 Å². The van der Waals surface area contributed by atoms with Crippen molar-refractivity contribution in [1.29, 1.82) is 0 Å². The predicted octanol–water partition coefficient (Wildman–Crippen LogP) is 2.79. The van der Waals surface area contributed by atoms with Gasteiger partial charge in [0.05, 0.1) is 16.6 Å². The normalized spacial score (nSPS) is 17.8. The van der Waals surface area contributed by atoms with Crippen molar-refractivity contribution in [2.24, 2.45) is 0 Å². The van der Waals surface area contributed by atoms with Crippen LogP contribution in [0.15, 0.2) is 11.1 Å². The molecule has 0 atom stereocenters. The molecule has 29 heavy (non-hydrogen) atoms. The molecular formula is C21H28N4O3S. The van der Waals surface area contributed by atoms with Crippen LogP contribution in [0.3, 0.4) is 0 Å². The second kappa shape index (κ2) is 8.26. The Hall–Kier alpha value is -2.22. The smallest absolute Gasteiger partial charge is 0.264 e. The van der Waals surface area contributed by atoms with Crippen LogP contribution in [-0.4, -0.2) is 57.3 Å². The zero-order chi connectivity index (χ0) is 20.5. The molecular weight excluding hydrogens is 388 g/mol. The maximum Gasteiger partial charge on any atom is 0.264 e. The molecule has 3 heterocycles. The summed E-state index contributed by atoms with van der Waals surface area (Å²) in [6, 6.07) is 0.267. The van der Waals surface area contributed by atoms with Crippen molar-refractivity contribution in [3.05, 3.63) is 27.1 Å². The van der Waals surface area contributed by atoms with Crippen LogP contribution in [0.5, 0.6) is 0 Å². The summed E-state index contributed by atoms with van der Waals surface area (Å²) in [4.78, 5) is 47.8. The molecule has 7 nitrogen and oxygen atoms in total. The van der Waals surface area contributed by atoms with Gasteiger partial charge in [-0.2, -0.15) is 0 Å². The van der Waals surface area contributed by atoms with Crippen LogP contribution in [0.2, 0.25) is 0 Å². The van der Waals surface area contributed by atoms with Gasteiger partial charge in [-0.1, -0.05) is 19.3 Å². The van der Waals surface area contributed by atoms with Crippen molar-refractivity contribution in [2.75, 3.05) is 20.1 Å². The van der Waals surface area contributed by atoms with Gasteiger partial charge in [0.2, 0.25) is 5.91 Å². The highest BCUT2D eigenvalue weighted by Gasteiger charge is 2.27. The minimum atomic E-state index is -0.240. The zero-order valence-corrected chi connectivity index (χ0v) is 18.0. The Balaban J connectivity index is 1.61. The van der Waals surface area contributed by atoms with E-state index >= 15 is 0 Å². The number of aryl methyl sites for hydroxylation is 1. The summed E-state index contributed by atoms with van der Waals surface area (Å²) in [5.41, 5.74) is 0.439. The van der Waals surface area contributed by atoms with E-state index in [0.717, 1.165) is 51.6 Å². The van der Waals surface area contributed by atoms with E-state index in [9.17, 15) is 14.4 Å². The number of nitrogens with zero attached hydrogens (tertiary/aromatic N) is 4. The van der Waals surface area contributed by atoms with Crippen LogP contribution < -0.4 is 5.56 Å². The van der Waals surface area contributed by atoms with Crippen molar-refractivity contribution in [2.45, 2.75) is 64.5 Å². The van der Waals surface area contributed by atoms with Crippen LogP contribution in [0.1, 0.15) is 60.2 Å². The number of rotatable bonds is 4.